The van der Waals surface area contributed by atoms with E-state index in [0.29, 0.717) is 0 Å². The summed E-state index contributed by atoms with van der Waals surface area (Å²) in [6.07, 6.45) is 11.6. The molecule has 1 N–H and O–H groups in total. The third-order valence-electron chi connectivity index (χ3n) is 4.22. The number of H-pyrrole nitrogens is 1. The van der Waals surface area contributed by atoms with Crippen LogP contribution in [0.5, 0.6) is 0 Å². The largest absolute Gasteiger partial charge is 0.371 e. The maximum Gasteiger partial charge on any atom is 0.139 e. The first-order valence-electron chi connectivity index (χ1n) is 7.55. The Hall–Kier alpha value is -2.36. The van der Waals surface area contributed by atoms with E-state index in [4.69, 9.17) is 0 Å². The molecule has 0 atom stereocenters. The predicted octanol–water partition coefficient (Wildman–Crippen LogP) is 3.62. The number of fused-ring (bicyclic) bond motifs is 1. The Morgan fingerprint density at radius 1 is 1.05 bits per heavy atom. The Morgan fingerprint density at radius 3 is 2.76 bits per heavy atom. The second kappa shape index (κ2) is 5.20. The Kier molecular flexibility index (Phi) is 3.07. The topological polar surface area (TPSA) is 44.8 Å². The molecule has 0 bridgehead atoms. The van der Waals surface area contributed by atoms with Gasteiger partial charge in [-0.3, -0.25) is 4.98 Å². The molecule has 1 saturated heterocycles. The van der Waals surface area contributed by atoms with Crippen molar-refractivity contribution >= 4 is 16.7 Å². The van der Waals surface area contributed by atoms with Crippen LogP contribution in [0.2, 0.25) is 0 Å². The molecule has 3 aromatic rings. The van der Waals surface area contributed by atoms with Gasteiger partial charge in [-0.05, 0) is 31.4 Å². The average Bonchev–Trinajstić information content (AvgIpc) is 3.00. The lowest BCUT2D eigenvalue weighted by Gasteiger charge is -2.29. The molecule has 21 heavy (non-hydrogen) atoms. The van der Waals surface area contributed by atoms with Crippen molar-refractivity contribution in [3.8, 4) is 11.1 Å². The van der Waals surface area contributed by atoms with Crippen LogP contribution in [-0.2, 0) is 0 Å². The molecular weight excluding hydrogens is 260 g/mol. The monoisotopic (exact) mass is 278 g/mol. The lowest BCUT2D eigenvalue weighted by molar-refractivity contribution is 0.579. The number of aromatic amines is 1. The summed E-state index contributed by atoms with van der Waals surface area (Å²) in [5, 5.41) is 1.22. The fraction of sp³-hybridized carbons (Fsp3) is 0.294. The Labute approximate surface area is 123 Å². The standard InChI is InChI=1S/C17H18N4/c1-2-9-21(10-3-1)15-6-8-19-17-16(15)14(12-20-17)13-5-4-7-18-11-13/h4-8,11-12H,1-3,9-10H2,(H,19,20). The summed E-state index contributed by atoms with van der Waals surface area (Å²) >= 11 is 0. The van der Waals surface area contributed by atoms with Crippen LogP contribution in [0.3, 0.4) is 0 Å². The second-order valence-corrected chi connectivity index (χ2v) is 5.55. The molecule has 1 fully saturated rings. The van der Waals surface area contributed by atoms with Crippen LogP contribution in [-0.4, -0.2) is 28.0 Å². The van der Waals surface area contributed by atoms with Crippen molar-refractivity contribution in [3.05, 3.63) is 43.0 Å². The maximum atomic E-state index is 4.48. The summed E-state index contributed by atoms with van der Waals surface area (Å²) in [4.78, 5) is 14.5. The number of rotatable bonds is 2. The maximum absolute atomic E-state index is 4.48. The highest BCUT2D eigenvalue weighted by Gasteiger charge is 2.17. The van der Waals surface area contributed by atoms with Crippen molar-refractivity contribution in [1.82, 2.24) is 15.0 Å². The van der Waals surface area contributed by atoms with Crippen molar-refractivity contribution in [2.75, 3.05) is 18.0 Å². The summed E-state index contributed by atoms with van der Waals surface area (Å²) in [7, 11) is 0. The number of anilines is 1. The van der Waals surface area contributed by atoms with E-state index >= 15 is 0 Å². The zero-order valence-electron chi connectivity index (χ0n) is 11.9. The molecule has 0 aliphatic carbocycles. The van der Waals surface area contributed by atoms with Crippen LogP contribution in [0.4, 0.5) is 5.69 Å². The van der Waals surface area contributed by atoms with Gasteiger partial charge in [0.15, 0.2) is 0 Å². The molecule has 0 aromatic carbocycles. The normalized spacial score (nSPS) is 15.5. The number of pyridine rings is 2. The zero-order valence-corrected chi connectivity index (χ0v) is 11.9. The van der Waals surface area contributed by atoms with Gasteiger partial charge in [-0.1, -0.05) is 6.07 Å². The van der Waals surface area contributed by atoms with E-state index in [-0.39, 0.29) is 0 Å². The lowest BCUT2D eigenvalue weighted by Crippen LogP contribution is -2.29. The van der Waals surface area contributed by atoms with E-state index in [9.17, 15) is 0 Å². The van der Waals surface area contributed by atoms with Gasteiger partial charge in [0.2, 0.25) is 0 Å². The van der Waals surface area contributed by atoms with Gasteiger partial charge in [0.25, 0.3) is 0 Å². The first-order chi connectivity index (χ1) is 10.4. The van der Waals surface area contributed by atoms with Gasteiger partial charge in [0.1, 0.15) is 5.65 Å². The van der Waals surface area contributed by atoms with Crippen molar-refractivity contribution in [1.29, 1.82) is 0 Å². The molecule has 4 nitrogen and oxygen atoms in total. The van der Waals surface area contributed by atoms with Crippen molar-refractivity contribution in [2.45, 2.75) is 19.3 Å². The Bertz CT molecular complexity index is 742. The van der Waals surface area contributed by atoms with E-state index in [0.717, 1.165) is 24.3 Å². The molecule has 0 amide bonds. The number of piperidine rings is 1. The van der Waals surface area contributed by atoms with Crippen LogP contribution in [0.1, 0.15) is 19.3 Å². The van der Waals surface area contributed by atoms with Gasteiger partial charge in [0.05, 0.1) is 0 Å². The average molecular weight is 278 g/mol. The van der Waals surface area contributed by atoms with Crippen molar-refractivity contribution < 1.29 is 0 Å². The third-order valence-corrected chi connectivity index (χ3v) is 4.22. The van der Waals surface area contributed by atoms with E-state index in [1.807, 2.05) is 30.9 Å². The number of hydrogen-bond acceptors (Lipinski definition) is 3. The van der Waals surface area contributed by atoms with Crippen molar-refractivity contribution in [2.24, 2.45) is 0 Å². The molecule has 106 valence electrons. The molecule has 0 saturated carbocycles. The van der Waals surface area contributed by atoms with E-state index in [1.54, 1.807) is 0 Å². The van der Waals surface area contributed by atoms with Crippen LogP contribution < -0.4 is 4.90 Å². The molecule has 1 aliphatic heterocycles. The number of nitrogens with zero attached hydrogens (tertiary/aromatic N) is 3. The highest BCUT2D eigenvalue weighted by molar-refractivity contribution is 6.02. The summed E-state index contributed by atoms with van der Waals surface area (Å²) in [6.45, 7) is 2.27. The van der Waals surface area contributed by atoms with Gasteiger partial charge in [-0.2, -0.15) is 0 Å². The Morgan fingerprint density at radius 2 is 1.95 bits per heavy atom. The molecule has 4 heterocycles. The van der Waals surface area contributed by atoms with Crippen molar-refractivity contribution in [3.63, 3.8) is 0 Å². The molecule has 4 rings (SSSR count). The zero-order chi connectivity index (χ0) is 14.1. The van der Waals surface area contributed by atoms with Crippen LogP contribution in [0.15, 0.2) is 43.0 Å². The summed E-state index contributed by atoms with van der Waals surface area (Å²) < 4.78 is 0. The van der Waals surface area contributed by atoms with Gasteiger partial charge >= 0.3 is 0 Å². The third kappa shape index (κ3) is 2.17. The Balaban J connectivity index is 1.89. The minimum atomic E-state index is 0.955. The molecule has 0 radical (unpaired) electrons. The lowest BCUT2D eigenvalue weighted by atomic mass is 10.0. The molecule has 3 aromatic heterocycles. The fourth-order valence-electron chi connectivity index (χ4n) is 3.19. The minimum Gasteiger partial charge on any atom is -0.371 e. The van der Waals surface area contributed by atoms with Crippen LogP contribution in [0, 0.1) is 0 Å². The number of nitrogens with one attached hydrogen (secondary N) is 1. The molecule has 0 spiro atoms. The van der Waals surface area contributed by atoms with Crippen LogP contribution in [0.25, 0.3) is 22.2 Å². The van der Waals surface area contributed by atoms with Gasteiger partial charge in [-0.25, -0.2) is 4.98 Å². The van der Waals surface area contributed by atoms with E-state index in [1.165, 1.54) is 35.9 Å². The summed E-state index contributed by atoms with van der Waals surface area (Å²) in [5.41, 5.74) is 4.57. The number of hydrogen-bond donors (Lipinski definition) is 1. The highest BCUT2D eigenvalue weighted by atomic mass is 15.1. The predicted molar refractivity (Wildman–Crippen MR) is 85.4 cm³/mol. The van der Waals surface area contributed by atoms with Gasteiger partial charge in [0, 0.05) is 60.1 Å². The molecular formula is C17H18N4. The summed E-state index contributed by atoms with van der Waals surface area (Å²) in [5.74, 6) is 0. The van der Waals surface area contributed by atoms with Gasteiger partial charge < -0.3 is 9.88 Å². The smallest absolute Gasteiger partial charge is 0.139 e. The minimum absolute atomic E-state index is 0.955. The van der Waals surface area contributed by atoms with Crippen LogP contribution >= 0.6 is 0 Å². The van der Waals surface area contributed by atoms with E-state index in [2.05, 4.69) is 32.0 Å². The van der Waals surface area contributed by atoms with Gasteiger partial charge in [-0.15, -0.1) is 0 Å². The summed E-state index contributed by atoms with van der Waals surface area (Å²) in [6, 6.07) is 6.22. The fourth-order valence-corrected chi connectivity index (χ4v) is 3.19. The molecule has 4 heteroatoms. The first-order valence-corrected chi connectivity index (χ1v) is 7.55. The SMILES string of the molecule is c1cncc(-c2c[nH]c3nccc(N4CCCCC4)c23)c1. The quantitative estimate of drug-likeness (QED) is 0.778. The molecule has 1 aliphatic rings. The second-order valence-electron chi connectivity index (χ2n) is 5.55. The highest BCUT2D eigenvalue weighted by Crippen LogP contribution is 2.35. The number of aromatic nitrogens is 3. The first kappa shape index (κ1) is 12.4. The molecule has 0 unspecified atom stereocenters. The van der Waals surface area contributed by atoms with E-state index < -0.39 is 0 Å².